The molecule has 1 aromatic carbocycles. The molecule has 2 nitrogen and oxygen atoms in total. The summed E-state index contributed by atoms with van der Waals surface area (Å²) in [4.78, 5) is 11.4. The number of allylic oxidation sites excluding steroid dienone is 1. The molecular formula is C14H14O2. The average Bonchev–Trinajstić information content (AvgIpc) is 2.29. The third kappa shape index (κ3) is 2.22. The number of hydrogen-bond acceptors (Lipinski definition) is 2. The van der Waals surface area contributed by atoms with Gasteiger partial charge in [-0.25, -0.2) is 4.79 Å². The molecule has 0 aliphatic rings. The van der Waals surface area contributed by atoms with Gasteiger partial charge in [0.2, 0.25) is 0 Å². The number of rotatable bonds is 4. The SMILES string of the molecule is C=CCCCc1cc(=O)oc2ccccc12. The van der Waals surface area contributed by atoms with Crippen molar-refractivity contribution in [2.75, 3.05) is 0 Å². The summed E-state index contributed by atoms with van der Waals surface area (Å²) < 4.78 is 5.13. The summed E-state index contributed by atoms with van der Waals surface area (Å²) in [5, 5.41) is 1.03. The fraction of sp³-hybridized carbons (Fsp3) is 0.214. The molecule has 1 aromatic heterocycles. The molecule has 0 aliphatic heterocycles. The molecule has 0 spiro atoms. The van der Waals surface area contributed by atoms with Crippen LogP contribution in [0.1, 0.15) is 18.4 Å². The highest BCUT2D eigenvalue weighted by Crippen LogP contribution is 2.18. The highest BCUT2D eigenvalue weighted by molar-refractivity contribution is 5.79. The number of hydrogen-bond donors (Lipinski definition) is 0. The Labute approximate surface area is 94.2 Å². The topological polar surface area (TPSA) is 30.2 Å². The van der Waals surface area contributed by atoms with Crippen LogP contribution in [0.4, 0.5) is 0 Å². The van der Waals surface area contributed by atoms with E-state index in [-0.39, 0.29) is 5.63 Å². The van der Waals surface area contributed by atoms with Crippen molar-refractivity contribution in [1.82, 2.24) is 0 Å². The zero-order valence-corrected chi connectivity index (χ0v) is 9.11. The van der Waals surface area contributed by atoms with Crippen molar-refractivity contribution in [1.29, 1.82) is 0 Å². The van der Waals surface area contributed by atoms with Crippen LogP contribution in [-0.4, -0.2) is 0 Å². The lowest BCUT2D eigenvalue weighted by atomic mass is 10.0. The average molecular weight is 214 g/mol. The van der Waals surface area contributed by atoms with Crippen LogP contribution >= 0.6 is 0 Å². The first-order valence-corrected chi connectivity index (χ1v) is 5.44. The third-order valence-corrected chi connectivity index (χ3v) is 2.59. The maximum absolute atomic E-state index is 11.4. The Morgan fingerprint density at radius 3 is 2.94 bits per heavy atom. The van der Waals surface area contributed by atoms with Crippen LogP contribution in [0.3, 0.4) is 0 Å². The first kappa shape index (κ1) is 10.7. The predicted octanol–water partition coefficient (Wildman–Crippen LogP) is 3.30. The van der Waals surface area contributed by atoms with E-state index in [4.69, 9.17) is 4.42 Å². The van der Waals surface area contributed by atoms with Crippen molar-refractivity contribution in [2.24, 2.45) is 0 Å². The fourth-order valence-electron chi connectivity index (χ4n) is 1.82. The Morgan fingerprint density at radius 1 is 1.31 bits per heavy atom. The van der Waals surface area contributed by atoms with Crippen molar-refractivity contribution in [3.8, 4) is 0 Å². The summed E-state index contributed by atoms with van der Waals surface area (Å²) in [6.07, 6.45) is 4.76. The summed E-state index contributed by atoms with van der Waals surface area (Å²) in [5.74, 6) is 0. The molecule has 2 heteroatoms. The molecular weight excluding hydrogens is 200 g/mol. The Kier molecular flexibility index (Phi) is 3.20. The van der Waals surface area contributed by atoms with Crippen LogP contribution in [0.2, 0.25) is 0 Å². The molecule has 82 valence electrons. The number of aryl methyl sites for hydroxylation is 1. The first-order valence-electron chi connectivity index (χ1n) is 5.44. The summed E-state index contributed by atoms with van der Waals surface area (Å²) in [7, 11) is 0. The monoisotopic (exact) mass is 214 g/mol. The van der Waals surface area contributed by atoms with Gasteiger partial charge >= 0.3 is 5.63 Å². The molecule has 2 rings (SSSR count). The molecule has 0 unspecified atom stereocenters. The number of benzene rings is 1. The van der Waals surface area contributed by atoms with Crippen molar-refractivity contribution >= 4 is 11.0 Å². The first-order chi connectivity index (χ1) is 7.81. The summed E-state index contributed by atoms with van der Waals surface area (Å²) in [5.41, 5.74) is 1.46. The molecule has 0 aliphatic carbocycles. The molecule has 1 heterocycles. The van der Waals surface area contributed by atoms with Crippen molar-refractivity contribution in [3.63, 3.8) is 0 Å². The van der Waals surface area contributed by atoms with Gasteiger partial charge in [0.05, 0.1) is 0 Å². The molecule has 0 atom stereocenters. The van der Waals surface area contributed by atoms with Crippen LogP contribution in [0.15, 0.2) is 52.2 Å². The van der Waals surface area contributed by atoms with Crippen molar-refractivity contribution < 1.29 is 4.42 Å². The molecule has 0 saturated heterocycles. The Bertz CT molecular complexity index is 552. The van der Waals surface area contributed by atoms with Gasteiger partial charge in [0.15, 0.2) is 0 Å². The second-order valence-corrected chi connectivity index (χ2v) is 3.77. The Hall–Kier alpha value is -1.83. The normalized spacial score (nSPS) is 10.5. The zero-order valence-electron chi connectivity index (χ0n) is 9.11. The molecule has 0 amide bonds. The second-order valence-electron chi connectivity index (χ2n) is 3.77. The van der Waals surface area contributed by atoms with Crippen LogP contribution in [0, 0.1) is 0 Å². The fourth-order valence-corrected chi connectivity index (χ4v) is 1.82. The van der Waals surface area contributed by atoms with Crippen LogP contribution in [0.25, 0.3) is 11.0 Å². The molecule has 16 heavy (non-hydrogen) atoms. The summed E-state index contributed by atoms with van der Waals surface area (Å²) >= 11 is 0. The van der Waals surface area contributed by atoms with Gasteiger partial charge in [-0.3, -0.25) is 0 Å². The summed E-state index contributed by atoms with van der Waals surface area (Å²) in [6.45, 7) is 3.69. The van der Waals surface area contributed by atoms with E-state index >= 15 is 0 Å². The van der Waals surface area contributed by atoms with E-state index in [9.17, 15) is 4.79 Å². The van der Waals surface area contributed by atoms with Crippen molar-refractivity contribution in [3.05, 3.63) is 59.0 Å². The molecule has 2 aromatic rings. The molecule has 0 bridgehead atoms. The quantitative estimate of drug-likeness (QED) is 0.444. The van der Waals surface area contributed by atoms with E-state index in [0.717, 1.165) is 30.2 Å². The zero-order chi connectivity index (χ0) is 11.4. The summed E-state index contributed by atoms with van der Waals surface area (Å²) in [6, 6.07) is 9.23. The van der Waals surface area contributed by atoms with Gasteiger partial charge in [-0.05, 0) is 30.9 Å². The highest BCUT2D eigenvalue weighted by atomic mass is 16.4. The van der Waals surface area contributed by atoms with Gasteiger partial charge in [-0.1, -0.05) is 24.3 Å². The minimum absolute atomic E-state index is 0.271. The smallest absolute Gasteiger partial charge is 0.336 e. The van der Waals surface area contributed by atoms with Gasteiger partial charge < -0.3 is 4.42 Å². The second kappa shape index (κ2) is 4.79. The molecule has 0 saturated carbocycles. The highest BCUT2D eigenvalue weighted by Gasteiger charge is 2.03. The number of para-hydroxylation sites is 1. The maximum Gasteiger partial charge on any atom is 0.336 e. The predicted molar refractivity (Wildman–Crippen MR) is 65.6 cm³/mol. The molecule has 0 N–H and O–H groups in total. The maximum atomic E-state index is 11.4. The van der Waals surface area contributed by atoms with Crippen LogP contribution in [-0.2, 0) is 6.42 Å². The Balaban J connectivity index is 2.42. The third-order valence-electron chi connectivity index (χ3n) is 2.59. The van der Waals surface area contributed by atoms with Gasteiger partial charge in [0.1, 0.15) is 5.58 Å². The lowest BCUT2D eigenvalue weighted by Gasteiger charge is -2.03. The van der Waals surface area contributed by atoms with E-state index in [0.29, 0.717) is 5.58 Å². The van der Waals surface area contributed by atoms with Crippen molar-refractivity contribution in [2.45, 2.75) is 19.3 Å². The number of fused-ring (bicyclic) bond motifs is 1. The van der Waals surface area contributed by atoms with E-state index in [1.54, 1.807) is 6.07 Å². The molecule has 0 radical (unpaired) electrons. The standard InChI is InChI=1S/C14H14O2/c1-2-3-4-7-11-10-14(15)16-13-9-6-5-8-12(11)13/h2,5-6,8-10H,1,3-4,7H2. The lowest BCUT2D eigenvalue weighted by molar-refractivity contribution is 0.558. The van der Waals surface area contributed by atoms with E-state index in [2.05, 4.69) is 6.58 Å². The lowest BCUT2D eigenvalue weighted by Crippen LogP contribution is -2.00. The van der Waals surface area contributed by atoms with Gasteiger partial charge in [-0.15, -0.1) is 6.58 Å². The van der Waals surface area contributed by atoms with Gasteiger partial charge in [0.25, 0.3) is 0 Å². The van der Waals surface area contributed by atoms with E-state index < -0.39 is 0 Å². The van der Waals surface area contributed by atoms with Crippen LogP contribution < -0.4 is 5.63 Å². The van der Waals surface area contributed by atoms with E-state index in [1.165, 1.54) is 0 Å². The molecule has 0 fully saturated rings. The minimum Gasteiger partial charge on any atom is -0.423 e. The number of unbranched alkanes of at least 4 members (excludes halogenated alkanes) is 1. The van der Waals surface area contributed by atoms with Crippen LogP contribution in [0.5, 0.6) is 0 Å². The van der Waals surface area contributed by atoms with Gasteiger partial charge in [-0.2, -0.15) is 0 Å². The minimum atomic E-state index is -0.271. The largest absolute Gasteiger partial charge is 0.423 e. The van der Waals surface area contributed by atoms with E-state index in [1.807, 2.05) is 30.3 Å². The van der Waals surface area contributed by atoms with Gasteiger partial charge in [0, 0.05) is 11.5 Å². The Morgan fingerprint density at radius 2 is 2.12 bits per heavy atom.